The quantitative estimate of drug-likeness (QED) is 0.769. The highest BCUT2D eigenvalue weighted by molar-refractivity contribution is 9.10. The van der Waals surface area contributed by atoms with E-state index in [0.717, 1.165) is 15.6 Å². The summed E-state index contributed by atoms with van der Waals surface area (Å²) in [5.74, 6) is 0.470. The van der Waals surface area contributed by atoms with E-state index in [-0.39, 0.29) is 11.7 Å². The summed E-state index contributed by atoms with van der Waals surface area (Å²) in [7, 11) is 0. The molecule has 0 fully saturated rings. The van der Waals surface area contributed by atoms with E-state index in [4.69, 9.17) is 0 Å². The molecule has 17 heavy (non-hydrogen) atoms. The molecule has 2 aromatic rings. The average Bonchev–Trinajstić information content (AvgIpc) is 2.67. The zero-order chi connectivity index (χ0) is 11.8. The van der Waals surface area contributed by atoms with E-state index in [1.165, 1.54) is 5.56 Å². The van der Waals surface area contributed by atoms with Crippen LogP contribution >= 0.6 is 15.9 Å². The molecule has 0 saturated carbocycles. The van der Waals surface area contributed by atoms with E-state index in [1.54, 1.807) is 0 Å². The van der Waals surface area contributed by atoms with Crippen LogP contribution in [0.3, 0.4) is 0 Å². The van der Waals surface area contributed by atoms with Gasteiger partial charge in [0.2, 0.25) is 0 Å². The van der Waals surface area contributed by atoms with Crippen molar-refractivity contribution in [1.82, 2.24) is 0 Å². The van der Waals surface area contributed by atoms with Gasteiger partial charge in [0.05, 0.1) is 0 Å². The van der Waals surface area contributed by atoms with Gasteiger partial charge in [0.25, 0.3) is 0 Å². The first-order chi connectivity index (χ1) is 8.25. The van der Waals surface area contributed by atoms with Crippen molar-refractivity contribution in [3.8, 4) is 0 Å². The van der Waals surface area contributed by atoms with E-state index < -0.39 is 0 Å². The number of ketones is 1. The van der Waals surface area contributed by atoms with Crippen LogP contribution in [0.4, 0.5) is 0 Å². The normalized spacial score (nSPS) is 18.2. The summed E-state index contributed by atoms with van der Waals surface area (Å²) in [4.78, 5) is 11.9. The Morgan fingerprint density at radius 2 is 1.82 bits per heavy atom. The van der Waals surface area contributed by atoms with Gasteiger partial charge in [0.1, 0.15) is 0 Å². The fraction of sp³-hybridized carbons (Fsp3) is 0.133. The summed E-state index contributed by atoms with van der Waals surface area (Å²) in [5.41, 5.74) is 3.25. The number of hydrogen-bond donors (Lipinski definition) is 0. The fourth-order valence-electron chi connectivity index (χ4n) is 2.46. The van der Waals surface area contributed by atoms with Gasteiger partial charge in [-0.1, -0.05) is 46.3 Å². The summed E-state index contributed by atoms with van der Waals surface area (Å²) < 4.78 is 1.03. The molecule has 0 saturated heterocycles. The molecule has 84 valence electrons. The van der Waals surface area contributed by atoms with Crippen molar-refractivity contribution in [3.05, 3.63) is 69.7 Å². The first-order valence-corrected chi connectivity index (χ1v) is 6.42. The number of carbonyl (C=O) groups is 1. The smallest absolute Gasteiger partial charge is 0.164 e. The van der Waals surface area contributed by atoms with E-state index in [1.807, 2.05) is 30.3 Å². The summed E-state index contributed by atoms with van der Waals surface area (Å²) in [6.07, 6.45) is 0.593. The number of hydrogen-bond acceptors (Lipinski definition) is 1. The van der Waals surface area contributed by atoms with Gasteiger partial charge in [-0.2, -0.15) is 0 Å². The third-order valence-electron chi connectivity index (χ3n) is 3.28. The number of halogens is 1. The molecule has 1 aliphatic carbocycles. The number of carbonyl (C=O) groups excluding carboxylic acids is 1. The molecule has 1 atom stereocenters. The zero-order valence-electron chi connectivity index (χ0n) is 9.19. The van der Waals surface area contributed by atoms with E-state index in [2.05, 4.69) is 34.1 Å². The van der Waals surface area contributed by atoms with Crippen molar-refractivity contribution in [2.45, 2.75) is 12.3 Å². The maximum absolute atomic E-state index is 11.9. The SMILES string of the molecule is O=C1CC(c2ccccc2)c2cc(Br)ccc21. The van der Waals surface area contributed by atoms with Gasteiger partial charge < -0.3 is 0 Å². The highest BCUT2D eigenvalue weighted by atomic mass is 79.9. The molecule has 0 heterocycles. The van der Waals surface area contributed by atoms with Crippen molar-refractivity contribution in [2.75, 3.05) is 0 Å². The Hall–Kier alpha value is -1.41. The molecule has 0 bridgehead atoms. The van der Waals surface area contributed by atoms with E-state index >= 15 is 0 Å². The van der Waals surface area contributed by atoms with Crippen LogP contribution in [-0.4, -0.2) is 5.78 Å². The Labute approximate surface area is 109 Å². The summed E-state index contributed by atoms with van der Waals surface area (Å²) >= 11 is 3.47. The van der Waals surface area contributed by atoms with Crippen LogP contribution in [0, 0.1) is 0 Å². The van der Waals surface area contributed by atoms with Crippen molar-refractivity contribution < 1.29 is 4.79 Å². The van der Waals surface area contributed by atoms with Crippen LogP contribution in [0.2, 0.25) is 0 Å². The number of rotatable bonds is 1. The van der Waals surface area contributed by atoms with Gasteiger partial charge in [-0.05, 0) is 29.3 Å². The minimum atomic E-state index is 0.219. The molecule has 0 N–H and O–H groups in total. The minimum absolute atomic E-state index is 0.219. The van der Waals surface area contributed by atoms with Crippen LogP contribution < -0.4 is 0 Å². The first kappa shape index (κ1) is 10.7. The van der Waals surface area contributed by atoms with E-state index in [0.29, 0.717) is 6.42 Å². The van der Waals surface area contributed by atoms with Crippen molar-refractivity contribution in [2.24, 2.45) is 0 Å². The number of benzene rings is 2. The lowest BCUT2D eigenvalue weighted by atomic mass is 9.93. The molecule has 0 amide bonds. The molecule has 0 aromatic heterocycles. The van der Waals surface area contributed by atoms with Gasteiger partial charge in [-0.25, -0.2) is 0 Å². The molecule has 0 spiro atoms. The lowest BCUT2D eigenvalue weighted by Crippen LogP contribution is -1.96. The Morgan fingerprint density at radius 1 is 1.06 bits per heavy atom. The second-order valence-corrected chi connectivity index (χ2v) is 5.24. The van der Waals surface area contributed by atoms with Gasteiger partial charge >= 0.3 is 0 Å². The monoisotopic (exact) mass is 286 g/mol. The highest BCUT2D eigenvalue weighted by Crippen LogP contribution is 2.39. The molecule has 0 radical (unpaired) electrons. The maximum Gasteiger partial charge on any atom is 0.164 e. The van der Waals surface area contributed by atoms with Crippen molar-refractivity contribution >= 4 is 21.7 Å². The molecule has 0 aliphatic heterocycles. The Morgan fingerprint density at radius 3 is 2.59 bits per heavy atom. The molecule has 1 nitrogen and oxygen atoms in total. The van der Waals surface area contributed by atoms with Crippen molar-refractivity contribution in [3.63, 3.8) is 0 Å². The maximum atomic E-state index is 11.9. The second-order valence-electron chi connectivity index (χ2n) is 4.32. The van der Waals surface area contributed by atoms with Crippen molar-refractivity contribution in [1.29, 1.82) is 0 Å². The molecule has 2 heteroatoms. The zero-order valence-corrected chi connectivity index (χ0v) is 10.8. The molecule has 3 rings (SSSR count). The molecular formula is C15H11BrO. The lowest BCUT2D eigenvalue weighted by molar-refractivity contribution is 0.0991. The molecule has 1 unspecified atom stereocenters. The topological polar surface area (TPSA) is 17.1 Å². The molecular weight excluding hydrogens is 276 g/mol. The van der Waals surface area contributed by atoms with Gasteiger partial charge in [0.15, 0.2) is 5.78 Å². The largest absolute Gasteiger partial charge is 0.294 e. The van der Waals surface area contributed by atoms with Crippen LogP contribution in [0.1, 0.15) is 33.8 Å². The average molecular weight is 287 g/mol. The molecule has 1 aliphatic rings. The standard InChI is InChI=1S/C15H11BrO/c16-11-6-7-12-14(8-11)13(9-15(12)17)10-4-2-1-3-5-10/h1-8,13H,9H2. The van der Waals surface area contributed by atoms with E-state index in [9.17, 15) is 4.79 Å². The summed E-state index contributed by atoms with van der Waals surface area (Å²) in [6.45, 7) is 0. The van der Waals surface area contributed by atoms with Crippen LogP contribution in [-0.2, 0) is 0 Å². The number of Topliss-reactive ketones (excluding diaryl/α,β-unsaturated/α-hetero) is 1. The first-order valence-electron chi connectivity index (χ1n) is 5.63. The lowest BCUT2D eigenvalue weighted by Gasteiger charge is -2.11. The van der Waals surface area contributed by atoms with Gasteiger partial charge in [-0.3, -0.25) is 4.79 Å². The second kappa shape index (κ2) is 4.11. The number of fused-ring (bicyclic) bond motifs is 1. The summed E-state index contributed by atoms with van der Waals surface area (Å²) in [6, 6.07) is 16.2. The predicted octanol–water partition coefficient (Wildman–Crippen LogP) is 4.17. The van der Waals surface area contributed by atoms with Gasteiger partial charge in [0, 0.05) is 22.4 Å². The Bertz CT molecular complexity index is 575. The van der Waals surface area contributed by atoms with Crippen LogP contribution in [0.15, 0.2) is 53.0 Å². The Kier molecular flexibility index (Phi) is 2.60. The third kappa shape index (κ3) is 1.83. The fourth-order valence-corrected chi connectivity index (χ4v) is 2.84. The van der Waals surface area contributed by atoms with Gasteiger partial charge in [-0.15, -0.1) is 0 Å². The molecule has 2 aromatic carbocycles. The highest BCUT2D eigenvalue weighted by Gasteiger charge is 2.30. The van der Waals surface area contributed by atoms with Crippen LogP contribution in [0.25, 0.3) is 0 Å². The summed E-state index contributed by atoms with van der Waals surface area (Å²) in [5, 5.41) is 0. The van der Waals surface area contributed by atoms with Crippen LogP contribution in [0.5, 0.6) is 0 Å². The predicted molar refractivity (Wildman–Crippen MR) is 71.4 cm³/mol. The minimum Gasteiger partial charge on any atom is -0.294 e. The Balaban J connectivity index is 2.13. The third-order valence-corrected chi connectivity index (χ3v) is 3.77.